The summed E-state index contributed by atoms with van der Waals surface area (Å²) in [6.45, 7) is 3.85. The molecule has 0 saturated heterocycles. The summed E-state index contributed by atoms with van der Waals surface area (Å²) in [5, 5.41) is 0. The Morgan fingerprint density at radius 1 is 1.64 bits per heavy atom. The van der Waals surface area contributed by atoms with Gasteiger partial charge in [-0.1, -0.05) is 12.7 Å². The van der Waals surface area contributed by atoms with E-state index in [9.17, 15) is 4.39 Å². The van der Waals surface area contributed by atoms with Crippen LogP contribution >= 0.6 is 0 Å². The van der Waals surface area contributed by atoms with Crippen LogP contribution in [0.1, 0.15) is 0 Å². The Hall–Kier alpha value is -1.38. The van der Waals surface area contributed by atoms with E-state index in [-0.39, 0.29) is 5.82 Å². The van der Waals surface area contributed by atoms with Gasteiger partial charge in [-0.3, -0.25) is 0 Å². The van der Waals surface area contributed by atoms with Crippen molar-refractivity contribution in [1.82, 2.24) is 4.98 Å². The van der Waals surface area contributed by atoms with E-state index < -0.39 is 0 Å². The normalized spacial score (nSPS) is 9.18. The van der Waals surface area contributed by atoms with Crippen molar-refractivity contribution in [3.05, 3.63) is 36.8 Å². The van der Waals surface area contributed by atoms with E-state index in [1.54, 1.807) is 6.08 Å². The molecule has 0 saturated carbocycles. The van der Waals surface area contributed by atoms with Crippen molar-refractivity contribution in [2.24, 2.45) is 0 Å². The van der Waals surface area contributed by atoms with Crippen molar-refractivity contribution in [2.75, 3.05) is 6.61 Å². The van der Waals surface area contributed by atoms with Crippen molar-refractivity contribution >= 4 is 0 Å². The van der Waals surface area contributed by atoms with Crippen molar-refractivity contribution in [1.29, 1.82) is 0 Å². The van der Waals surface area contributed by atoms with E-state index >= 15 is 0 Å². The third-order valence-electron chi connectivity index (χ3n) is 1.05. The van der Waals surface area contributed by atoms with E-state index in [0.29, 0.717) is 12.5 Å². The smallest absolute Gasteiger partial charge is 0.213 e. The van der Waals surface area contributed by atoms with E-state index in [0.717, 1.165) is 6.20 Å². The molecule has 58 valence electrons. The van der Waals surface area contributed by atoms with Gasteiger partial charge in [0.25, 0.3) is 0 Å². The van der Waals surface area contributed by atoms with Crippen LogP contribution in [0.25, 0.3) is 0 Å². The number of halogens is 1. The zero-order valence-electron chi connectivity index (χ0n) is 5.96. The van der Waals surface area contributed by atoms with Gasteiger partial charge in [0, 0.05) is 6.07 Å². The first-order chi connectivity index (χ1) is 5.33. The Bertz CT molecular complexity index is 232. The van der Waals surface area contributed by atoms with Crippen LogP contribution in [0, 0.1) is 5.82 Å². The molecular weight excluding hydrogens is 145 g/mol. The molecule has 1 heterocycles. The lowest BCUT2D eigenvalue weighted by molar-refractivity contribution is 0.347. The van der Waals surface area contributed by atoms with Crippen LogP contribution in [0.3, 0.4) is 0 Å². The van der Waals surface area contributed by atoms with E-state index in [4.69, 9.17) is 4.74 Å². The molecule has 0 amide bonds. The molecule has 0 N–H and O–H groups in total. The predicted molar refractivity (Wildman–Crippen MR) is 39.9 cm³/mol. The van der Waals surface area contributed by atoms with Gasteiger partial charge in [-0.25, -0.2) is 9.37 Å². The number of rotatable bonds is 3. The van der Waals surface area contributed by atoms with Gasteiger partial charge < -0.3 is 4.74 Å². The van der Waals surface area contributed by atoms with Crippen LogP contribution in [-0.2, 0) is 0 Å². The van der Waals surface area contributed by atoms with Crippen LogP contribution in [0.15, 0.2) is 31.0 Å². The summed E-state index contributed by atoms with van der Waals surface area (Å²) in [4.78, 5) is 3.67. The van der Waals surface area contributed by atoms with Crippen LogP contribution in [0.5, 0.6) is 5.88 Å². The molecule has 0 aliphatic heterocycles. The number of aromatic nitrogens is 1. The minimum Gasteiger partial charge on any atom is -0.473 e. The molecule has 0 unspecified atom stereocenters. The highest BCUT2D eigenvalue weighted by Crippen LogP contribution is 2.05. The van der Waals surface area contributed by atoms with Crippen molar-refractivity contribution in [3.8, 4) is 5.88 Å². The Morgan fingerprint density at radius 3 is 3.00 bits per heavy atom. The Kier molecular flexibility index (Phi) is 2.60. The van der Waals surface area contributed by atoms with Crippen LogP contribution in [0.2, 0.25) is 0 Å². The van der Waals surface area contributed by atoms with Gasteiger partial charge in [0.2, 0.25) is 5.88 Å². The average Bonchev–Trinajstić information content (AvgIpc) is 2.04. The number of ether oxygens (including phenoxy) is 1. The maximum atomic E-state index is 12.3. The first-order valence-corrected chi connectivity index (χ1v) is 3.18. The maximum absolute atomic E-state index is 12.3. The lowest BCUT2D eigenvalue weighted by atomic mass is 10.5. The zero-order chi connectivity index (χ0) is 8.10. The lowest BCUT2D eigenvalue weighted by Crippen LogP contribution is -1.94. The fourth-order valence-electron chi connectivity index (χ4n) is 0.592. The molecule has 0 bridgehead atoms. The van der Waals surface area contributed by atoms with Gasteiger partial charge in [-0.05, 0) is 6.07 Å². The fourth-order valence-corrected chi connectivity index (χ4v) is 0.592. The molecular formula is C8H8FNO. The molecule has 1 aromatic rings. The van der Waals surface area contributed by atoms with Gasteiger partial charge in [0.1, 0.15) is 12.4 Å². The minimum atomic E-state index is -0.365. The molecule has 0 radical (unpaired) electrons. The molecule has 0 spiro atoms. The van der Waals surface area contributed by atoms with Gasteiger partial charge in [-0.2, -0.15) is 0 Å². The molecule has 1 rings (SSSR count). The highest BCUT2D eigenvalue weighted by atomic mass is 19.1. The highest BCUT2D eigenvalue weighted by Gasteiger charge is 1.92. The molecule has 1 aromatic heterocycles. The summed E-state index contributed by atoms with van der Waals surface area (Å²) in [5.74, 6) is 0.0438. The molecule has 0 fully saturated rings. The standard InChI is InChI=1S/C8H8FNO/c1-2-5-11-8-4-3-7(9)6-10-8/h2-4,6H,1,5H2. The largest absolute Gasteiger partial charge is 0.473 e. The summed E-state index contributed by atoms with van der Waals surface area (Å²) >= 11 is 0. The molecule has 0 aliphatic rings. The first-order valence-electron chi connectivity index (χ1n) is 3.18. The zero-order valence-corrected chi connectivity index (χ0v) is 5.96. The summed E-state index contributed by atoms with van der Waals surface area (Å²) in [7, 11) is 0. The van der Waals surface area contributed by atoms with Crippen LogP contribution in [-0.4, -0.2) is 11.6 Å². The molecule has 11 heavy (non-hydrogen) atoms. The van der Waals surface area contributed by atoms with Gasteiger partial charge in [-0.15, -0.1) is 0 Å². The predicted octanol–water partition coefficient (Wildman–Crippen LogP) is 1.79. The topological polar surface area (TPSA) is 22.1 Å². The average molecular weight is 153 g/mol. The Labute approximate surface area is 64.3 Å². The number of pyridine rings is 1. The molecule has 0 aliphatic carbocycles. The second-order valence-electron chi connectivity index (χ2n) is 1.91. The quantitative estimate of drug-likeness (QED) is 0.617. The van der Waals surface area contributed by atoms with Crippen molar-refractivity contribution in [2.45, 2.75) is 0 Å². The summed E-state index contributed by atoms with van der Waals surface area (Å²) in [6.07, 6.45) is 2.71. The van der Waals surface area contributed by atoms with E-state index in [1.165, 1.54) is 12.1 Å². The number of nitrogens with zero attached hydrogens (tertiary/aromatic N) is 1. The summed E-state index contributed by atoms with van der Waals surface area (Å²) in [5.41, 5.74) is 0. The Morgan fingerprint density at radius 2 is 2.45 bits per heavy atom. The summed E-state index contributed by atoms with van der Waals surface area (Å²) < 4.78 is 17.3. The summed E-state index contributed by atoms with van der Waals surface area (Å²) in [6, 6.07) is 2.77. The maximum Gasteiger partial charge on any atom is 0.213 e. The minimum absolute atomic E-state index is 0.365. The molecule has 3 heteroatoms. The van der Waals surface area contributed by atoms with Crippen molar-refractivity contribution in [3.63, 3.8) is 0 Å². The van der Waals surface area contributed by atoms with Gasteiger partial charge >= 0.3 is 0 Å². The lowest BCUT2D eigenvalue weighted by Gasteiger charge is -1.99. The first kappa shape index (κ1) is 7.72. The Balaban J connectivity index is 2.58. The molecule has 2 nitrogen and oxygen atoms in total. The van der Waals surface area contributed by atoms with Gasteiger partial charge in [0.05, 0.1) is 6.20 Å². The van der Waals surface area contributed by atoms with Crippen LogP contribution < -0.4 is 4.74 Å². The number of hydrogen-bond donors (Lipinski definition) is 0. The van der Waals surface area contributed by atoms with E-state index in [2.05, 4.69) is 11.6 Å². The van der Waals surface area contributed by atoms with E-state index in [1.807, 2.05) is 0 Å². The molecule has 0 aromatic carbocycles. The fraction of sp³-hybridized carbons (Fsp3) is 0.125. The third-order valence-corrected chi connectivity index (χ3v) is 1.05. The molecule has 0 atom stereocenters. The van der Waals surface area contributed by atoms with Gasteiger partial charge in [0.15, 0.2) is 0 Å². The monoisotopic (exact) mass is 153 g/mol. The second-order valence-corrected chi connectivity index (χ2v) is 1.91. The third kappa shape index (κ3) is 2.37. The highest BCUT2D eigenvalue weighted by molar-refractivity contribution is 5.10. The van der Waals surface area contributed by atoms with Crippen molar-refractivity contribution < 1.29 is 9.13 Å². The SMILES string of the molecule is C=CCOc1ccc(F)cn1. The number of hydrogen-bond acceptors (Lipinski definition) is 2. The van der Waals surface area contributed by atoms with Crippen LogP contribution in [0.4, 0.5) is 4.39 Å². The second kappa shape index (κ2) is 3.71.